The van der Waals surface area contributed by atoms with Gasteiger partial charge < -0.3 is 10.4 Å². The number of nitrogens with one attached hydrogen (secondary N) is 1. The molecule has 2 heterocycles. The van der Waals surface area contributed by atoms with Crippen molar-refractivity contribution >= 4 is 24.8 Å². The van der Waals surface area contributed by atoms with Crippen molar-refractivity contribution in [3.63, 3.8) is 0 Å². The van der Waals surface area contributed by atoms with Gasteiger partial charge in [0.05, 0.1) is 0 Å². The van der Waals surface area contributed by atoms with Crippen LogP contribution in [0.3, 0.4) is 0 Å². The van der Waals surface area contributed by atoms with E-state index in [2.05, 4.69) is 46.6 Å². The van der Waals surface area contributed by atoms with Crippen molar-refractivity contribution in [3.05, 3.63) is 65.2 Å². The largest absolute Gasteiger partial charge is 0.508 e. The predicted octanol–water partition coefficient (Wildman–Crippen LogP) is 3.33. The highest BCUT2D eigenvalue weighted by Gasteiger charge is 2.35. The molecule has 0 amide bonds. The third-order valence-electron chi connectivity index (χ3n) is 4.78. The summed E-state index contributed by atoms with van der Waals surface area (Å²) in [6, 6.07) is 17.0. The first-order valence-corrected chi connectivity index (χ1v) is 7.65. The predicted molar refractivity (Wildman–Crippen MR) is 98.1 cm³/mol. The fourth-order valence-electron chi connectivity index (χ4n) is 3.74. The minimum Gasteiger partial charge on any atom is -0.508 e. The molecule has 5 heteroatoms. The van der Waals surface area contributed by atoms with Crippen LogP contribution in [0.5, 0.6) is 5.75 Å². The fourth-order valence-corrected chi connectivity index (χ4v) is 3.74. The SMILES string of the molecule is Cl.Cl.Oc1ccc2c(c1)[C@H]1CNCCN1C[C@H]2c1ccccc1. The van der Waals surface area contributed by atoms with Gasteiger partial charge in [-0.25, -0.2) is 0 Å². The van der Waals surface area contributed by atoms with Crippen LogP contribution in [0.25, 0.3) is 0 Å². The maximum absolute atomic E-state index is 9.90. The second-order valence-electron chi connectivity index (χ2n) is 5.99. The molecule has 2 atom stereocenters. The molecule has 2 aliphatic rings. The summed E-state index contributed by atoms with van der Waals surface area (Å²) in [5.74, 6) is 0.768. The summed E-state index contributed by atoms with van der Waals surface area (Å²) in [5.41, 5.74) is 4.01. The molecule has 0 saturated carbocycles. The van der Waals surface area contributed by atoms with E-state index in [1.807, 2.05) is 12.1 Å². The Morgan fingerprint density at radius 3 is 2.57 bits per heavy atom. The topological polar surface area (TPSA) is 35.5 Å². The highest BCUT2D eigenvalue weighted by atomic mass is 35.5. The van der Waals surface area contributed by atoms with Crippen LogP contribution in [0, 0.1) is 0 Å². The molecule has 1 saturated heterocycles. The first kappa shape index (κ1) is 18.1. The van der Waals surface area contributed by atoms with Gasteiger partial charge in [-0.05, 0) is 28.8 Å². The summed E-state index contributed by atoms with van der Waals surface area (Å²) < 4.78 is 0. The Kier molecular flexibility index (Phi) is 5.93. The first-order chi connectivity index (χ1) is 10.3. The second-order valence-corrected chi connectivity index (χ2v) is 5.99. The van der Waals surface area contributed by atoms with Gasteiger partial charge in [-0.2, -0.15) is 0 Å². The summed E-state index contributed by atoms with van der Waals surface area (Å²) in [7, 11) is 0. The van der Waals surface area contributed by atoms with E-state index >= 15 is 0 Å². The van der Waals surface area contributed by atoms with Crippen molar-refractivity contribution < 1.29 is 5.11 Å². The van der Waals surface area contributed by atoms with Gasteiger partial charge >= 0.3 is 0 Å². The molecule has 3 nitrogen and oxygen atoms in total. The average molecular weight is 353 g/mol. The van der Waals surface area contributed by atoms with Gasteiger partial charge in [0, 0.05) is 38.1 Å². The smallest absolute Gasteiger partial charge is 0.115 e. The molecule has 2 aromatic carbocycles. The number of hydrogen-bond acceptors (Lipinski definition) is 3. The number of hydrogen-bond donors (Lipinski definition) is 2. The number of halogens is 2. The van der Waals surface area contributed by atoms with Gasteiger partial charge in [-0.1, -0.05) is 36.4 Å². The van der Waals surface area contributed by atoms with Crippen LogP contribution in [-0.4, -0.2) is 36.2 Å². The summed E-state index contributed by atoms with van der Waals surface area (Å²) in [4.78, 5) is 2.55. The van der Waals surface area contributed by atoms with Crippen molar-refractivity contribution in [1.82, 2.24) is 10.2 Å². The van der Waals surface area contributed by atoms with Crippen LogP contribution in [0.15, 0.2) is 48.5 Å². The number of phenols is 1. The Balaban J connectivity index is 0.000000960. The Bertz CT molecular complexity index is 651. The lowest BCUT2D eigenvalue weighted by Crippen LogP contribution is -2.50. The Morgan fingerprint density at radius 2 is 1.78 bits per heavy atom. The van der Waals surface area contributed by atoms with E-state index in [-0.39, 0.29) is 24.8 Å². The van der Waals surface area contributed by atoms with E-state index in [4.69, 9.17) is 0 Å². The van der Waals surface area contributed by atoms with E-state index in [9.17, 15) is 5.11 Å². The van der Waals surface area contributed by atoms with Crippen molar-refractivity contribution in [2.24, 2.45) is 0 Å². The quantitative estimate of drug-likeness (QED) is 0.826. The third kappa shape index (κ3) is 3.33. The number of phenolic OH excluding ortho intramolecular Hbond substituents is 1. The van der Waals surface area contributed by atoms with Gasteiger partial charge in [0.25, 0.3) is 0 Å². The molecule has 0 unspecified atom stereocenters. The Morgan fingerprint density at radius 1 is 1.00 bits per heavy atom. The molecule has 2 aliphatic heterocycles. The van der Waals surface area contributed by atoms with E-state index < -0.39 is 0 Å². The van der Waals surface area contributed by atoms with Crippen LogP contribution < -0.4 is 5.32 Å². The molecule has 124 valence electrons. The lowest BCUT2D eigenvalue weighted by molar-refractivity contribution is 0.143. The molecule has 2 aromatic rings. The van der Waals surface area contributed by atoms with Gasteiger partial charge in [-0.15, -0.1) is 24.8 Å². The van der Waals surface area contributed by atoms with Gasteiger partial charge in [-0.3, -0.25) is 4.90 Å². The van der Waals surface area contributed by atoms with Crippen LogP contribution in [0.1, 0.15) is 28.7 Å². The molecular weight excluding hydrogens is 331 g/mol. The van der Waals surface area contributed by atoms with Crippen molar-refractivity contribution in [2.45, 2.75) is 12.0 Å². The molecule has 0 aromatic heterocycles. The lowest BCUT2D eigenvalue weighted by Gasteiger charge is -2.44. The maximum Gasteiger partial charge on any atom is 0.115 e. The summed E-state index contributed by atoms with van der Waals surface area (Å²) in [6.45, 7) is 4.15. The summed E-state index contributed by atoms with van der Waals surface area (Å²) >= 11 is 0. The number of piperazine rings is 1. The maximum atomic E-state index is 9.90. The second kappa shape index (κ2) is 7.54. The minimum absolute atomic E-state index is 0. The zero-order valence-corrected chi connectivity index (χ0v) is 14.4. The Hall–Kier alpha value is -1.26. The normalized spacial score (nSPS) is 23.0. The van der Waals surface area contributed by atoms with Crippen LogP contribution in [0.2, 0.25) is 0 Å². The molecule has 2 N–H and O–H groups in total. The number of nitrogens with zero attached hydrogens (tertiary/aromatic N) is 1. The van der Waals surface area contributed by atoms with E-state index in [0.29, 0.717) is 17.7 Å². The molecule has 0 aliphatic carbocycles. The molecule has 0 radical (unpaired) electrons. The van der Waals surface area contributed by atoms with Crippen molar-refractivity contribution in [2.75, 3.05) is 26.2 Å². The van der Waals surface area contributed by atoms with Crippen LogP contribution in [0.4, 0.5) is 0 Å². The van der Waals surface area contributed by atoms with E-state index in [1.54, 1.807) is 0 Å². The van der Waals surface area contributed by atoms with Gasteiger partial charge in [0.2, 0.25) is 0 Å². The number of aromatic hydroxyl groups is 1. The molecular formula is C18H22Cl2N2O. The zero-order chi connectivity index (χ0) is 14.2. The summed E-state index contributed by atoms with van der Waals surface area (Å²) in [5, 5.41) is 13.4. The molecule has 0 spiro atoms. The average Bonchev–Trinajstić information content (AvgIpc) is 2.55. The first-order valence-electron chi connectivity index (χ1n) is 7.65. The molecule has 4 rings (SSSR count). The molecule has 1 fully saturated rings. The van der Waals surface area contributed by atoms with Gasteiger partial charge in [0.1, 0.15) is 5.75 Å². The monoisotopic (exact) mass is 352 g/mol. The highest BCUT2D eigenvalue weighted by molar-refractivity contribution is 5.85. The fraction of sp³-hybridized carbons (Fsp3) is 0.333. The van der Waals surface area contributed by atoms with E-state index in [0.717, 1.165) is 26.2 Å². The van der Waals surface area contributed by atoms with E-state index in [1.165, 1.54) is 16.7 Å². The Labute approximate surface area is 149 Å². The summed E-state index contributed by atoms with van der Waals surface area (Å²) in [6.07, 6.45) is 0. The standard InChI is InChI=1S/C18H20N2O.2ClH/c21-14-6-7-15-16(10-14)18-11-19-8-9-20(18)12-17(15)13-4-2-1-3-5-13;;/h1-7,10,17-19,21H,8-9,11-12H2;2*1H/t17-,18+;;/m0../s1. The van der Waals surface area contributed by atoms with Crippen LogP contribution in [-0.2, 0) is 0 Å². The van der Waals surface area contributed by atoms with Crippen LogP contribution >= 0.6 is 24.8 Å². The highest BCUT2D eigenvalue weighted by Crippen LogP contribution is 2.41. The lowest BCUT2D eigenvalue weighted by atomic mass is 9.80. The number of rotatable bonds is 1. The third-order valence-corrected chi connectivity index (χ3v) is 4.78. The van der Waals surface area contributed by atoms with Gasteiger partial charge in [0.15, 0.2) is 0 Å². The molecule has 0 bridgehead atoms. The van der Waals surface area contributed by atoms with Crippen molar-refractivity contribution in [1.29, 1.82) is 0 Å². The number of benzene rings is 2. The molecule has 23 heavy (non-hydrogen) atoms. The number of fused-ring (bicyclic) bond motifs is 3. The zero-order valence-electron chi connectivity index (χ0n) is 12.8. The van der Waals surface area contributed by atoms with Crippen molar-refractivity contribution in [3.8, 4) is 5.75 Å². The minimum atomic E-state index is 0.